The van der Waals surface area contributed by atoms with Crippen molar-refractivity contribution in [1.82, 2.24) is 15.0 Å². The van der Waals surface area contributed by atoms with Crippen LogP contribution in [-0.4, -0.2) is 15.0 Å². The van der Waals surface area contributed by atoms with Crippen LogP contribution in [0.5, 0.6) is 0 Å². The highest BCUT2D eigenvalue weighted by atomic mass is 16.3. The van der Waals surface area contributed by atoms with Gasteiger partial charge in [-0.1, -0.05) is 158 Å². The van der Waals surface area contributed by atoms with E-state index in [2.05, 4.69) is 120 Å². The normalized spacial score (nSPS) is 11.3. The maximum atomic E-state index is 6.79. The predicted molar refractivity (Wildman–Crippen MR) is 221 cm³/mol. The van der Waals surface area contributed by atoms with Gasteiger partial charge in [0.05, 0.1) is 5.69 Å². The zero-order chi connectivity index (χ0) is 35.8. The second-order valence-electron chi connectivity index (χ2n) is 13.2. The molecule has 0 fully saturated rings. The molecule has 0 N–H and O–H groups in total. The number of furan rings is 1. The fourth-order valence-corrected chi connectivity index (χ4v) is 7.40. The first kappa shape index (κ1) is 31.4. The molecule has 8 aromatic carbocycles. The summed E-state index contributed by atoms with van der Waals surface area (Å²) in [5, 5.41) is 4.18. The molecule has 10 rings (SSSR count). The fourth-order valence-electron chi connectivity index (χ4n) is 7.40. The van der Waals surface area contributed by atoms with Gasteiger partial charge in [-0.15, -0.1) is 0 Å². The Bertz CT molecular complexity index is 2850. The summed E-state index contributed by atoms with van der Waals surface area (Å²) in [5.74, 6) is 1.83. The summed E-state index contributed by atoms with van der Waals surface area (Å²) >= 11 is 0. The van der Waals surface area contributed by atoms with Crippen LogP contribution in [0.2, 0.25) is 0 Å². The summed E-state index contributed by atoms with van der Waals surface area (Å²) in [7, 11) is 0. The van der Waals surface area contributed by atoms with Gasteiger partial charge in [-0.05, 0) is 46.8 Å². The average molecular weight is 693 g/mol. The SMILES string of the molecule is c1ccc(-c2ccc(N(c3ccccc3)c3cc4oc5cccc(-c6nc(-c7ccccc7)nc(-c7ccccc7)n6)c5c4c4ccccc34)cc2)cc1. The van der Waals surface area contributed by atoms with Gasteiger partial charge in [-0.25, -0.2) is 15.0 Å². The van der Waals surface area contributed by atoms with E-state index in [1.807, 2.05) is 78.9 Å². The van der Waals surface area contributed by atoms with E-state index >= 15 is 0 Å². The number of aromatic nitrogens is 3. The maximum Gasteiger partial charge on any atom is 0.164 e. The lowest BCUT2D eigenvalue weighted by atomic mass is 9.98. The van der Waals surface area contributed by atoms with Crippen LogP contribution >= 0.6 is 0 Å². The third-order valence-electron chi connectivity index (χ3n) is 9.91. The van der Waals surface area contributed by atoms with E-state index < -0.39 is 0 Å². The summed E-state index contributed by atoms with van der Waals surface area (Å²) in [6.45, 7) is 0. The third kappa shape index (κ3) is 5.56. The first-order chi connectivity index (χ1) is 26.8. The van der Waals surface area contributed by atoms with Gasteiger partial charge < -0.3 is 9.32 Å². The molecule has 0 saturated carbocycles. The highest BCUT2D eigenvalue weighted by molar-refractivity contribution is 6.25. The lowest BCUT2D eigenvalue weighted by molar-refractivity contribution is 0.669. The number of hydrogen-bond acceptors (Lipinski definition) is 5. The topological polar surface area (TPSA) is 55.1 Å². The molecule has 0 atom stereocenters. The second-order valence-corrected chi connectivity index (χ2v) is 13.2. The first-order valence-electron chi connectivity index (χ1n) is 18.0. The van der Waals surface area contributed by atoms with Crippen LogP contribution in [0.3, 0.4) is 0 Å². The summed E-state index contributed by atoms with van der Waals surface area (Å²) in [5.41, 5.74) is 9.78. The largest absolute Gasteiger partial charge is 0.456 e. The van der Waals surface area contributed by atoms with Gasteiger partial charge >= 0.3 is 0 Å². The molecule has 0 aliphatic carbocycles. The smallest absolute Gasteiger partial charge is 0.164 e. The number of rotatable bonds is 7. The monoisotopic (exact) mass is 692 g/mol. The molecule has 0 bridgehead atoms. The van der Waals surface area contributed by atoms with Crippen molar-refractivity contribution in [1.29, 1.82) is 0 Å². The molecule has 5 heteroatoms. The molecule has 54 heavy (non-hydrogen) atoms. The predicted octanol–water partition coefficient (Wildman–Crippen LogP) is 13.1. The number of fused-ring (bicyclic) bond motifs is 5. The van der Waals surface area contributed by atoms with Crippen LogP contribution in [0.15, 0.2) is 199 Å². The third-order valence-corrected chi connectivity index (χ3v) is 9.91. The number of hydrogen-bond donors (Lipinski definition) is 0. The van der Waals surface area contributed by atoms with Crippen molar-refractivity contribution in [3.8, 4) is 45.3 Å². The van der Waals surface area contributed by atoms with Gasteiger partial charge in [0.25, 0.3) is 0 Å². The van der Waals surface area contributed by atoms with Gasteiger partial charge in [0.2, 0.25) is 0 Å². The number of para-hydroxylation sites is 1. The standard InChI is InChI=1S/C49H32N4O/c1-5-16-33(17-6-1)34-28-30-38(31-29-34)53(37-22-11-4-12-23-37)42-32-44-45(40-25-14-13-24-39(40)42)46-41(26-15-27-43(46)54-44)49-51-47(35-18-7-2-8-19-35)50-48(52-49)36-20-9-3-10-21-36/h1-32H. The molecule has 0 unspecified atom stereocenters. The summed E-state index contributed by atoms with van der Waals surface area (Å²) < 4.78 is 6.79. The highest BCUT2D eigenvalue weighted by Gasteiger charge is 2.23. The van der Waals surface area contributed by atoms with E-state index in [9.17, 15) is 0 Å². The molecule has 0 aliphatic heterocycles. The van der Waals surface area contributed by atoms with E-state index in [1.165, 1.54) is 11.1 Å². The number of nitrogens with zero attached hydrogens (tertiary/aromatic N) is 4. The Morgan fingerprint density at radius 1 is 0.352 bits per heavy atom. The summed E-state index contributed by atoms with van der Waals surface area (Å²) in [4.78, 5) is 17.4. The minimum absolute atomic E-state index is 0.591. The average Bonchev–Trinajstić information content (AvgIpc) is 3.64. The fraction of sp³-hybridized carbons (Fsp3) is 0. The Labute approximate surface area is 312 Å². The Hall–Kier alpha value is -7.37. The number of benzene rings is 8. The van der Waals surface area contributed by atoms with Gasteiger partial charge in [-0.3, -0.25) is 0 Å². The molecular weight excluding hydrogens is 661 g/mol. The van der Waals surface area contributed by atoms with E-state index in [-0.39, 0.29) is 0 Å². The molecule has 0 saturated heterocycles. The van der Waals surface area contributed by atoms with Crippen molar-refractivity contribution in [2.24, 2.45) is 0 Å². The number of anilines is 3. The molecule has 0 radical (unpaired) electrons. The maximum absolute atomic E-state index is 6.79. The van der Waals surface area contributed by atoms with E-state index in [1.54, 1.807) is 0 Å². The zero-order valence-electron chi connectivity index (χ0n) is 29.2. The van der Waals surface area contributed by atoms with Crippen molar-refractivity contribution in [2.45, 2.75) is 0 Å². The highest BCUT2D eigenvalue weighted by Crippen LogP contribution is 2.46. The van der Waals surface area contributed by atoms with E-state index in [0.29, 0.717) is 17.5 Å². The molecule has 10 aromatic rings. The van der Waals surface area contributed by atoms with Crippen molar-refractivity contribution >= 4 is 49.8 Å². The first-order valence-corrected chi connectivity index (χ1v) is 18.0. The van der Waals surface area contributed by atoms with Gasteiger partial charge in [0.1, 0.15) is 11.2 Å². The van der Waals surface area contributed by atoms with Crippen molar-refractivity contribution in [3.63, 3.8) is 0 Å². The van der Waals surface area contributed by atoms with Gasteiger partial charge in [-0.2, -0.15) is 0 Å². The molecule has 2 heterocycles. The molecule has 0 spiro atoms. The minimum Gasteiger partial charge on any atom is -0.456 e. The Morgan fingerprint density at radius 3 is 1.48 bits per heavy atom. The lowest BCUT2D eigenvalue weighted by Gasteiger charge is -2.27. The van der Waals surface area contributed by atoms with Gasteiger partial charge in [0.15, 0.2) is 17.5 Å². The van der Waals surface area contributed by atoms with E-state index in [0.717, 1.165) is 66.5 Å². The molecular formula is C49H32N4O. The van der Waals surface area contributed by atoms with Crippen molar-refractivity contribution in [3.05, 3.63) is 194 Å². The van der Waals surface area contributed by atoms with E-state index in [4.69, 9.17) is 19.4 Å². The molecule has 5 nitrogen and oxygen atoms in total. The summed E-state index contributed by atoms with van der Waals surface area (Å²) in [6.07, 6.45) is 0. The molecule has 0 aliphatic rings. The molecule has 254 valence electrons. The Kier molecular flexibility index (Phi) is 7.73. The van der Waals surface area contributed by atoms with Crippen LogP contribution in [-0.2, 0) is 0 Å². The zero-order valence-corrected chi connectivity index (χ0v) is 29.2. The van der Waals surface area contributed by atoms with Crippen LogP contribution in [0.1, 0.15) is 0 Å². The Balaban J connectivity index is 1.20. The summed E-state index contributed by atoms with van der Waals surface area (Å²) in [6, 6.07) is 66.8. The minimum atomic E-state index is 0.591. The van der Waals surface area contributed by atoms with Crippen LogP contribution in [0, 0.1) is 0 Å². The van der Waals surface area contributed by atoms with Crippen LogP contribution in [0.4, 0.5) is 17.1 Å². The van der Waals surface area contributed by atoms with Gasteiger partial charge in [0, 0.05) is 50.3 Å². The quantitative estimate of drug-likeness (QED) is 0.166. The second kappa shape index (κ2) is 13.3. The molecule has 2 aromatic heterocycles. The van der Waals surface area contributed by atoms with Crippen LogP contribution in [0.25, 0.3) is 78.0 Å². The Morgan fingerprint density at radius 2 is 0.852 bits per heavy atom. The van der Waals surface area contributed by atoms with Crippen molar-refractivity contribution in [2.75, 3.05) is 4.90 Å². The van der Waals surface area contributed by atoms with Crippen LogP contribution < -0.4 is 4.90 Å². The molecule has 0 amide bonds. The lowest BCUT2D eigenvalue weighted by Crippen LogP contribution is -2.10. The van der Waals surface area contributed by atoms with Crippen molar-refractivity contribution < 1.29 is 4.42 Å².